The van der Waals surface area contributed by atoms with Crippen molar-refractivity contribution < 1.29 is 9.53 Å². The lowest BCUT2D eigenvalue weighted by molar-refractivity contribution is -0.119. The van der Waals surface area contributed by atoms with E-state index in [0.717, 1.165) is 16.8 Å². The summed E-state index contributed by atoms with van der Waals surface area (Å²) in [6.45, 7) is 2.37. The van der Waals surface area contributed by atoms with E-state index in [9.17, 15) is 4.79 Å². The van der Waals surface area contributed by atoms with Gasteiger partial charge in [-0.3, -0.25) is 4.79 Å². The normalized spacial score (nSPS) is 11.8. The first-order chi connectivity index (χ1) is 13.7. The Bertz CT molecular complexity index is 907. The van der Waals surface area contributed by atoms with Crippen LogP contribution in [0.15, 0.2) is 65.8 Å². The Hall–Kier alpha value is -2.77. The summed E-state index contributed by atoms with van der Waals surface area (Å²) >= 11 is 1.26. The molecule has 0 saturated carbocycles. The van der Waals surface area contributed by atoms with Gasteiger partial charge in [0, 0.05) is 24.3 Å². The van der Waals surface area contributed by atoms with Gasteiger partial charge < -0.3 is 10.1 Å². The topological polar surface area (TPSA) is 77.0 Å². The highest BCUT2D eigenvalue weighted by Gasteiger charge is 2.15. The van der Waals surface area contributed by atoms with Gasteiger partial charge in [-0.25, -0.2) is 4.98 Å². The molecule has 0 spiro atoms. The van der Waals surface area contributed by atoms with Crippen LogP contribution >= 0.6 is 11.8 Å². The molecule has 144 valence electrons. The van der Waals surface area contributed by atoms with E-state index in [1.807, 2.05) is 67.6 Å². The molecule has 6 nitrogen and oxygen atoms in total. The molecule has 0 fully saturated rings. The van der Waals surface area contributed by atoms with Crippen molar-refractivity contribution in [3.63, 3.8) is 0 Å². The highest BCUT2D eigenvalue weighted by Crippen LogP contribution is 2.29. The predicted molar refractivity (Wildman–Crippen MR) is 111 cm³/mol. The van der Waals surface area contributed by atoms with Crippen LogP contribution in [-0.2, 0) is 9.53 Å². The maximum Gasteiger partial charge on any atom is 0.230 e. The number of amides is 1. The first-order valence-corrected chi connectivity index (χ1v) is 9.92. The quantitative estimate of drug-likeness (QED) is 0.590. The van der Waals surface area contributed by atoms with Crippen LogP contribution in [0.5, 0.6) is 0 Å². The van der Waals surface area contributed by atoms with Crippen LogP contribution in [0.3, 0.4) is 0 Å². The predicted octanol–water partition coefficient (Wildman–Crippen LogP) is 3.45. The third-order valence-electron chi connectivity index (χ3n) is 3.92. The minimum Gasteiger partial charge on any atom is -0.383 e. The van der Waals surface area contributed by atoms with Gasteiger partial charge in [0.1, 0.15) is 11.4 Å². The first kappa shape index (κ1) is 20.0. The first-order valence-electron chi connectivity index (χ1n) is 8.94. The summed E-state index contributed by atoms with van der Waals surface area (Å²) in [7, 11) is 1.61. The summed E-state index contributed by atoms with van der Waals surface area (Å²) in [5.74, 6) is 0.126. The van der Waals surface area contributed by atoms with Crippen LogP contribution in [-0.4, -0.2) is 46.6 Å². The maximum atomic E-state index is 12.1. The van der Waals surface area contributed by atoms with Crippen LogP contribution in [0, 0.1) is 0 Å². The minimum absolute atomic E-state index is 0.0440. The van der Waals surface area contributed by atoms with Crippen LogP contribution < -0.4 is 5.32 Å². The van der Waals surface area contributed by atoms with Crippen LogP contribution in [0.4, 0.5) is 0 Å². The number of carbonyl (C=O) groups is 1. The fraction of sp³-hybridized carbons (Fsp3) is 0.238. The van der Waals surface area contributed by atoms with Gasteiger partial charge in [-0.1, -0.05) is 72.4 Å². The Kier molecular flexibility index (Phi) is 7.11. The summed E-state index contributed by atoms with van der Waals surface area (Å²) in [6, 6.07) is 19.7. The van der Waals surface area contributed by atoms with Gasteiger partial charge in [0.2, 0.25) is 11.1 Å². The lowest BCUT2D eigenvalue weighted by atomic mass is 10.0. The van der Waals surface area contributed by atoms with E-state index in [0.29, 0.717) is 17.5 Å². The number of benzene rings is 2. The van der Waals surface area contributed by atoms with Gasteiger partial charge in [0.25, 0.3) is 0 Å². The molecule has 1 heterocycles. The Morgan fingerprint density at radius 3 is 2.21 bits per heavy atom. The zero-order chi connectivity index (χ0) is 19.8. The SMILES string of the molecule is COCC(C)NC(=O)CSc1nnc(-c2ccccc2)c(-c2ccccc2)n1. The number of ether oxygens (including phenoxy) is 1. The van der Waals surface area contributed by atoms with Crippen molar-refractivity contribution >= 4 is 17.7 Å². The van der Waals surface area contributed by atoms with Gasteiger partial charge in [-0.2, -0.15) is 0 Å². The average Bonchev–Trinajstić information content (AvgIpc) is 2.73. The van der Waals surface area contributed by atoms with E-state index in [1.54, 1.807) is 7.11 Å². The lowest BCUT2D eigenvalue weighted by Crippen LogP contribution is -2.36. The van der Waals surface area contributed by atoms with Crippen molar-refractivity contribution in [2.75, 3.05) is 19.5 Å². The zero-order valence-electron chi connectivity index (χ0n) is 15.8. The van der Waals surface area contributed by atoms with E-state index in [4.69, 9.17) is 9.72 Å². The molecular formula is C21H22N4O2S. The molecule has 3 aromatic rings. The summed E-state index contributed by atoms with van der Waals surface area (Å²) in [5.41, 5.74) is 3.37. The summed E-state index contributed by atoms with van der Waals surface area (Å²) in [5, 5.41) is 12.0. The van der Waals surface area contributed by atoms with Crippen molar-refractivity contribution in [1.82, 2.24) is 20.5 Å². The molecule has 1 N–H and O–H groups in total. The number of hydrogen-bond donors (Lipinski definition) is 1. The van der Waals surface area contributed by atoms with Gasteiger partial charge in [0.15, 0.2) is 0 Å². The smallest absolute Gasteiger partial charge is 0.230 e. The molecular weight excluding hydrogens is 372 g/mol. The van der Waals surface area contributed by atoms with Crippen molar-refractivity contribution in [1.29, 1.82) is 0 Å². The second-order valence-electron chi connectivity index (χ2n) is 6.24. The minimum atomic E-state index is -0.0912. The molecule has 1 unspecified atom stereocenters. The van der Waals surface area contributed by atoms with Gasteiger partial charge in [-0.05, 0) is 6.92 Å². The van der Waals surface area contributed by atoms with Crippen LogP contribution in [0.2, 0.25) is 0 Å². The molecule has 0 aliphatic heterocycles. The van der Waals surface area contributed by atoms with Crippen molar-refractivity contribution in [3.8, 4) is 22.5 Å². The molecule has 0 aliphatic rings. The fourth-order valence-corrected chi connectivity index (χ4v) is 3.30. The van der Waals surface area contributed by atoms with Crippen molar-refractivity contribution in [2.45, 2.75) is 18.1 Å². The number of nitrogens with one attached hydrogen (secondary N) is 1. The molecule has 28 heavy (non-hydrogen) atoms. The fourth-order valence-electron chi connectivity index (χ4n) is 2.70. The van der Waals surface area contributed by atoms with Gasteiger partial charge in [-0.15, -0.1) is 10.2 Å². The molecule has 0 saturated heterocycles. The zero-order valence-corrected chi connectivity index (χ0v) is 16.6. The van der Waals surface area contributed by atoms with Crippen molar-refractivity contribution in [2.24, 2.45) is 0 Å². The third-order valence-corrected chi connectivity index (χ3v) is 4.76. The largest absolute Gasteiger partial charge is 0.383 e. The number of methoxy groups -OCH3 is 1. The van der Waals surface area contributed by atoms with E-state index < -0.39 is 0 Å². The molecule has 1 aromatic heterocycles. The number of aromatic nitrogens is 3. The Balaban J connectivity index is 1.82. The molecule has 7 heteroatoms. The molecule has 1 amide bonds. The molecule has 0 aliphatic carbocycles. The third kappa shape index (κ3) is 5.37. The molecule has 1 atom stereocenters. The maximum absolute atomic E-state index is 12.1. The number of rotatable bonds is 8. The van der Waals surface area contributed by atoms with E-state index in [2.05, 4.69) is 15.5 Å². The highest BCUT2D eigenvalue weighted by atomic mass is 32.2. The summed E-state index contributed by atoms with van der Waals surface area (Å²) in [4.78, 5) is 16.8. The number of carbonyl (C=O) groups excluding carboxylic acids is 1. The Morgan fingerprint density at radius 2 is 1.61 bits per heavy atom. The lowest BCUT2D eigenvalue weighted by Gasteiger charge is -2.12. The van der Waals surface area contributed by atoms with E-state index in [-0.39, 0.29) is 17.7 Å². The number of hydrogen-bond acceptors (Lipinski definition) is 6. The average molecular weight is 395 g/mol. The van der Waals surface area contributed by atoms with Crippen LogP contribution in [0.1, 0.15) is 6.92 Å². The number of thioether (sulfide) groups is 1. The van der Waals surface area contributed by atoms with E-state index in [1.165, 1.54) is 11.8 Å². The van der Waals surface area contributed by atoms with Crippen LogP contribution in [0.25, 0.3) is 22.5 Å². The molecule has 0 bridgehead atoms. The molecule has 3 rings (SSSR count). The van der Waals surface area contributed by atoms with E-state index >= 15 is 0 Å². The van der Waals surface area contributed by atoms with Gasteiger partial charge >= 0.3 is 0 Å². The highest BCUT2D eigenvalue weighted by molar-refractivity contribution is 7.99. The second kappa shape index (κ2) is 9.96. The standard InChI is InChI=1S/C21H22N4O2S/c1-15(13-27-2)22-18(26)14-28-21-23-19(16-9-5-3-6-10-16)20(24-25-21)17-11-7-4-8-12-17/h3-12,15H,13-14H2,1-2H3,(H,22,26). The second-order valence-corrected chi connectivity index (χ2v) is 7.18. The van der Waals surface area contributed by atoms with Crippen molar-refractivity contribution in [3.05, 3.63) is 60.7 Å². The Morgan fingerprint density at radius 1 is 1.00 bits per heavy atom. The van der Waals surface area contributed by atoms with Gasteiger partial charge in [0.05, 0.1) is 12.4 Å². The monoisotopic (exact) mass is 394 g/mol. The molecule has 0 radical (unpaired) electrons. The summed E-state index contributed by atoms with van der Waals surface area (Å²) in [6.07, 6.45) is 0. The Labute approximate surface area is 168 Å². The number of nitrogens with zero attached hydrogens (tertiary/aromatic N) is 3. The molecule has 2 aromatic carbocycles. The summed E-state index contributed by atoms with van der Waals surface area (Å²) < 4.78 is 5.03.